The van der Waals surface area contributed by atoms with Gasteiger partial charge < -0.3 is 25.7 Å². The summed E-state index contributed by atoms with van der Waals surface area (Å²) in [6, 6.07) is 15.7. The minimum Gasteiger partial charge on any atom is -0.481 e. The van der Waals surface area contributed by atoms with E-state index in [9.17, 15) is 30.0 Å². The maximum Gasteiger partial charge on any atom is 0.303 e. The number of carbonyl (C=O) groups excluding carboxylic acids is 1. The van der Waals surface area contributed by atoms with E-state index in [1.54, 1.807) is 6.92 Å². The van der Waals surface area contributed by atoms with Crippen LogP contribution < -0.4 is 5.32 Å². The molecule has 4 unspecified atom stereocenters. The molecule has 4 fully saturated rings. The number of pyridine rings is 1. The number of rotatable bonds is 8. The fourth-order valence-electron chi connectivity index (χ4n) is 11.9. The van der Waals surface area contributed by atoms with Gasteiger partial charge in [0, 0.05) is 23.9 Å². The first-order valence-electron chi connectivity index (χ1n) is 19.7. The van der Waals surface area contributed by atoms with Gasteiger partial charge in [-0.15, -0.1) is 0 Å². The van der Waals surface area contributed by atoms with Crippen LogP contribution in [0.15, 0.2) is 48.5 Å². The van der Waals surface area contributed by atoms with Gasteiger partial charge in [-0.2, -0.15) is 0 Å². The quantitative estimate of drug-likeness (QED) is 0.119. The molecule has 2 aromatic carbocycles. The number of aliphatic hydroxyl groups excluding tert-OH is 2. The van der Waals surface area contributed by atoms with Gasteiger partial charge >= 0.3 is 5.97 Å². The number of benzene rings is 2. The van der Waals surface area contributed by atoms with E-state index in [0.717, 1.165) is 47.0 Å². The molecule has 4 aliphatic carbocycles. The number of ketones is 1. The van der Waals surface area contributed by atoms with Crippen LogP contribution in [0.3, 0.4) is 0 Å². The van der Waals surface area contributed by atoms with E-state index in [2.05, 4.69) is 42.9 Å². The lowest BCUT2D eigenvalue weighted by Gasteiger charge is -2.64. The summed E-state index contributed by atoms with van der Waals surface area (Å²) in [4.78, 5) is 28.7. The van der Waals surface area contributed by atoms with Crippen molar-refractivity contribution in [2.24, 2.45) is 46.3 Å². The first-order chi connectivity index (χ1) is 25.2. The number of Topliss-reactive ketones (excluding diaryl/α,β-unsaturated/α-hetero) is 1. The Kier molecular flexibility index (Phi) is 10.0. The number of fused-ring (bicyclic) bond motifs is 6. The van der Waals surface area contributed by atoms with E-state index in [-0.39, 0.29) is 58.5 Å². The number of nitrogens with zero attached hydrogens (tertiary/aromatic N) is 1. The lowest BCUT2D eigenvalue weighted by atomic mass is 9.42. The van der Waals surface area contributed by atoms with Crippen molar-refractivity contribution in [3.8, 4) is 11.8 Å². The van der Waals surface area contributed by atoms with Gasteiger partial charge in [0.05, 0.1) is 34.7 Å². The highest BCUT2D eigenvalue weighted by Gasteiger charge is 2.66. The summed E-state index contributed by atoms with van der Waals surface area (Å²) in [6.45, 7) is 10.5. The van der Waals surface area contributed by atoms with Gasteiger partial charge in [-0.05, 0) is 129 Å². The van der Waals surface area contributed by atoms with Gasteiger partial charge in [-0.25, -0.2) is 0 Å². The van der Waals surface area contributed by atoms with Gasteiger partial charge in [-0.3, -0.25) is 14.6 Å². The highest BCUT2D eigenvalue weighted by molar-refractivity contribution is 6.08. The molecule has 11 atom stereocenters. The van der Waals surface area contributed by atoms with Gasteiger partial charge in [0.25, 0.3) is 0 Å². The summed E-state index contributed by atoms with van der Waals surface area (Å²) in [5.41, 5.74) is 2.95. The Balaban J connectivity index is 1.09. The van der Waals surface area contributed by atoms with E-state index >= 15 is 0 Å². The summed E-state index contributed by atoms with van der Waals surface area (Å²) in [7, 11) is 0. The number of carboxylic acids is 1. The second kappa shape index (κ2) is 14.1. The first-order valence-corrected chi connectivity index (χ1v) is 19.7. The molecule has 1 heterocycles. The fourth-order valence-corrected chi connectivity index (χ4v) is 11.9. The van der Waals surface area contributed by atoms with Crippen molar-refractivity contribution in [1.29, 1.82) is 0 Å². The van der Waals surface area contributed by atoms with Crippen molar-refractivity contribution in [2.45, 2.75) is 117 Å². The zero-order valence-electron chi connectivity index (χ0n) is 31.9. The Labute approximate surface area is 313 Å². The number of para-hydroxylation sites is 1. The lowest BCUT2D eigenvalue weighted by Crippen LogP contribution is -2.63. The SMILES string of the molecule is CC(=O)c1c(C)nc2ccccc2c1NCc1ccccc1C#C[C@@]1(O)CC[C@@]2(C)C(C[C@@H](O)C3C2C[C@H](O)[C@@]2(C)C3CC[C@@H]2[C@H](C)CCC(=O)O)C1. The maximum absolute atomic E-state index is 12.7. The van der Waals surface area contributed by atoms with Crippen LogP contribution in [0.25, 0.3) is 10.9 Å². The molecule has 0 spiro atoms. The van der Waals surface area contributed by atoms with Gasteiger partial charge in [0.2, 0.25) is 0 Å². The van der Waals surface area contributed by atoms with Gasteiger partial charge in [0.15, 0.2) is 5.78 Å². The van der Waals surface area contributed by atoms with Crippen LogP contribution in [0.4, 0.5) is 5.69 Å². The number of aromatic nitrogens is 1. The van der Waals surface area contributed by atoms with Crippen LogP contribution in [-0.2, 0) is 11.3 Å². The second-order valence-corrected chi connectivity index (χ2v) is 17.5. The third-order valence-electron chi connectivity index (χ3n) is 14.8. The molecule has 0 aliphatic heterocycles. The average molecular weight is 721 g/mol. The molecule has 1 aromatic heterocycles. The molecular formula is C45H56N2O6. The molecule has 0 amide bonds. The van der Waals surface area contributed by atoms with Gasteiger partial charge in [-0.1, -0.05) is 69.0 Å². The summed E-state index contributed by atoms with van der Waals surface area (Å²) in [5.74, 6) is 6.72. The maximum atomic E-state index is 12.7. The van der Waals surface area contributed by atoms with E-state index in [4.69, 9.17) is 0 Å². The van der Waals surface area contributed by atoms with Crippen molar-refractivity contribution in [2.75, 3.05) is 5.32 Å². The smallest absolute Gasteiger partial charge is 0.303 e. The molecule has 7 rings (SSSR count). The Morgan fingerprint density at radius 2 is 1.75 bits per heavy atom. The van der Waals surface area contributed by atoms with E-state index in [1.165, 1.54) is 0 Å². The van der Waals surface area contributed by atoms with Crippen molar-refractivity contribution in [3.63, 3.8) is 0 Å². The Morgan fingerprint density at radius 3 is 2.51 bits per heavy atom. The number of hydrogen-bond acceptors (Lipinski definition) is 7. The molecule has 0 bridgehead atoms. The molecule has 5 N–H and O–H groups in total. The van der Waals surface area contributed by atoms with Crippen molar-refractivity contribution < 1.29 is 30.0 Å². The largest absolute Gasteiger partial charge is 0.481 e. The molecule has 0 saturated heterocycles. The predicted molar refractivity (Wildman–Crippen MR) is 206 cm³/mol. The molecule has 0 radical (unpaired) electrons. The number of aliphatic hydroxyl groups is 3. The Bertz CT molecular complexity index is 1970. The average Bonchev–Trinajstić information content (AvgIpc) is 3.48. The third-order valence-corrected chi connectivity index (χ3v) is 14.8. The molecule has 53 heavy (non-hydrogen) atoms. The topological polar surface area (TPSA) is 140 Å². The molecule has 8 heteroatoms. The number of hydrogen-bond donors (Lipinski definition) is 5. The summed E-state index contributed by atoms with van der Waals surface area (Å²) < 4.78 is 0. The van der Waals surface area contributed by atoms with E-state index in [0.29, 0.717) is 49.9 Å². The number of aliphatic carboxylic acids is 1. The Morgan fingerprint density at radius 1 is 1.02 bits per heavy atom. The van der Waals surface area contributed by atoms with Crippen LogP contribution >= 0.6 is 0 Å². The predicted octanol–water partition coefficient (Wildman–Crippen LogP) is 7.54. The standard InChI is InChI=1S/C45H56N2O6/c1-26(14-17-39(51)52)33-15-16-34-41-35(23-38(50)44(33,34)5)43(4)20-21-45(53,24-31(43)22-37(41)49)19-18-29-10-6-7-11-30(29)25-46-42-32-12-8-9-13-36(32)47-27(2)40(42)28(3)48/h6-13,26,31,33-35,37-38,41,49-50,53H,14-17,20-25H2,1-5H3,(H,46,47)(H,51,52)/t26-,31?,33-,34?,35?,37-,38+,41?,43+,44-,45-/m1/s1. The highest BCUT2D eigenvalue weighted by atomic mass is 16.4. The number of anilines is 1. The normalized spacial score (nSPS) is 35.3. The number of nitrogens with one attached hydrogen (secondary N) is 1. The van der Waals surface area contributed by atoms with Crippen LogP contribution in [0.5, 0.6) is 0 Å². The van der Waals surface area contributed by atoms with E-state index in [1.807, 2.05) is 55.5 Å². The highest BCUT2D eigenvalue weighted by Crippen LogP contribution is 2.69. The van der Waals surface area contributed by atoms with E-state index < -0.39 is 23.8 Å². The minimum atomic E-state index is -1.20. The molecule has 282 valence electrons. The number of carboxylic acid groups (broad SMARTS) is 1. The van der Waals surface area contributed by atoms with Crippen LogP contribution in [0.2, 0.25) is 0 Å². The fraction of sp³-hybridized carbons (Fsp3) is 0.578. The van der Waals surface area contributed by atoms with Crippen LogP contribution in [-0.4, -0.2) is 55.0 Å². The lowest BCUT2D eigenvalue weighted by molar-refractivity contribution is -0.211. The molecule has 8 nitrogen and oxygen atoms in total. The number of aryl methyl sites for hydroxylation is 1. The monoisotopic (exact) mass is 720 g/mol. The zero-order chi connectivity index (χ0) is 37.9. The van der Waals surface area contributed by atoms with Crippen molar-refractivity contribution in [1.82, 2.24) is 4.98 Å². The first kappa shape index (κ1) is 37.5. The molecule has 4 aliphatic rings. The van der Waals surface area contributed by atoms with Crippen LogP contribution in [0.1, 0.15) is 113 Å². The molecule has 3 aromatic rings. The van der Waals surface area contributed by atoms with Crippen molar-refractivity contribution in [3.05, 3.63) is 70.9 Å². The zero-order valence-corrected chi connectivity index (χ0v) is 31.9. The summed E-state index contributed by atoms with van der Waals surface area (Å²) in [5, 5.41) is 49.6. The summed E-state index contributed by atoms with van der Waals surface area (Å²) in [6.07, 6.45) is 4.66. The van der Waals surface area contributed by atoms with Crippen molar-refractivity contribution >= 4 is 28.3 Å². The molecular weight excluding hydrogens is 665 g/mol. The molecule has 4 saturated carbocycles. The third kappa shape index (κ3) is 6.57. The van der Waals surface area contributed by atoms with Gasteiger partial charge in [0.1, 0.15) is 5.60 Å². The summed E-state index contributed by atoms with van der Waals surface area (Å²) >= 11 is 0. The van der Waals surface area contributed by atoms with Crippen LogP contribution in [0, 0.1) is 65.1 Å². The second-order valence-electron chi connectivity index (χ2n) is 17.5. The minimum absolute atomic E-state index is 0.0474. The Hall–Kier alpha value is -3.77. The number of carbonyl (C=O) groups is 2.